The van der Waals surface area contributed by atoms with Crippen molar-refractivity contribution in [1.29, 1.82) is 0 Å². The summed E-state index contributed by atoms with van der Waals surface area (Å²) in [7, 11) is -3.71. The second kappa shape index (κ2) is 9.10. The van der Waals surface area contributed by atoms with Gasteiger partial charge in [-0.25, -0.2) is 21.6 Å². The van der Waals surface area contributed by atoms with Crippen LogP contribution in [0.1, 0.15) is 58.6 Å². The van der Waals surface area contributed by atoms with Crippen LogP contribution in [0.3, 0.4) is 0 Å². The number of aromatic hydroxyl groups is 1. The maximum absolute atomic E-state index is 14.0. The second-order valence-corrected chi connectivity index (χ2v) is 12.0. The van der Waals surface area contributed by atoms with E-state index in [0.717, 1.165) is 12.5 Å². The second-order valence-electron chi connectivity index (χ2n) is 9.96. The van der Waals surface area contributed by atoms with Crippen molar-refractivity contribution in [3.63, 3.8) is 0 Å². The molecule has 11 nitrogen and oxygen atoms in total. The van der Waals surface area contributed by atoms with Gasteiger partial charge in [0.25, 0.3) is 11.8 Å². The number of nitrogens with zero attached hydrogens (tertiary/aromatic N) is 3. The first kappa shape index (κ1) is 26.7. The number of halogens is 3. The third-order valence-electron chi connectivity index (χ3n) is 7.49. The van der Waals surface area contributed by atoms with E-state index >= 15 is 0 Å². The highest BCUT2D eigenvalue weighted by molar-refractivity contribution is 8.05. The Kier molecular flexibility index (Phi) is 6.24. The Balaban J connectivity index is 1.56. The molecule has 0 saturated carbocycles. The molecule has 3 aliphatic heterocycles. The Morgan fingerprint density at radius 3 is 2.54 bits per heavy atom. The van der Waals surface area contributed by atoms with Crippen LogP contribution in [-0.2, 0) is 21.2 Å². The van der Waals surface area contributed by atoms with E-state index in [1.54, 1.807) is 6.92 Å². The standard InChI is InChI=1S/C24H23F3N4O7S/c1-11-3-4-24(7-18(29-38-24)39(2,36)37)17-10-30(11)23(35)19-21(33)20(32)14(9-31(17)19)22(34)28-8-13-15(26)5-12(25)6-16(13)27/h5-6,9,11,17,33H,3-4,7-8,10H2,1-2H3,(H,28,34)/t11-,17+,24-/m0/s1. The molecule has 3 atom stereocenters. The van der Waals surface area contributed by atoms with Gasteiger partial charge < -0.3 is 24.7 Å². The lowest BCUT2D eigenvalue weighted by Gasteiger charge is -2.41. The van der Waals surface area contributed by atoms with Crippen LogP contribution in [-0.4, -0.2) is 64.3 Å². The summed E-state index contributed by atoms with van der Waals surface area (Å²) in [5.74, 6) is -6.47. The summed E-state index contributed by atoms with van der Waals surface area (Å²) in [6.45, 7) is 1.03. The Bertz CT molecular complexity index is 1600. The summed E-state index contributed by atoms with van der Waals surface area (Å²) in [4.78, 5) is 46.4. The maximum atomic E-state index is 14.0. The number of pyridine rings is 1. The lowest BCUT2D eigenvalue weighted by molar-refractivity contribution is -0.0655. The van der Waals surface area contributed by atoms with Gasteiger partial charge in [0.1, 0.15) is 23.0 Å². The molecule has 0 unspecified atom stereocenters. The molecule has 1 aromatic carbocycles. The molecule has 0 aliphatic carbocycles. The molecule has 5 rings (SSSR count). The molecule has 1 saturated heterocycles. The zero-order valence-corrected chi connectivity index (χ0v) is 21.5. The Hall–Kier alpha value is -3.88. The quantitative estimate of drug-likeness (QED) is 0.572. The minimum atomic E-state index is -3.71. The lowest BCUT2D eigenvalue weighted by Crippen LogP contribution is -2.52. The van der Waals surface area contributed by atoms with Crippen molar-refractivity contribution in [1.82, 2.24) is 14.8 Å². The van der Waals surface area contributed by atoms with E-state index in [1.807, 2.05) is 0 Å². The zero-order chi connectivity index (χ0) is 28.4. The van der Waals surface area contributed by atoms with E-state index in [0.29, 0.717) is 18.6 Å². The minimum absolute atomic E-state index is 0.00886. The number of aromatic nitrogens is 1. The summed E-state index contributed by atoms with van der Waals surface area (Å²) in [6.07, 6.45) is 2.54. The molecule has 4 heterocycles. The van der Waals surface area contributed by atoms with Crippen LogP contribution in [0.15, 0.2) is 28.3 Å². The topological polar surface area (TPSA) is 147 Å². The molecule has 2 aromatic rings. The maximum Gasteiger partial charge on any atom is 0.274 e. The predicted octanol–water partition coefficient (Wildman–Crippen LogP) is 1.60. The first-order valence-corrected chi connectivity index (χ1v) is 13.8. The van der Waals surface area contributed by atoms with E-state index in [4.69, 9.17) is 4.84 Å². The molecule has 208 valence electrons. The molecule has 1 fully saturated rings. The summed E-state index contributed by atoms with van der Waals surface area (Å²) in [6, 6.07) is -0.342. The van der Waals surface area contributed by atoms with Crippen molar-refractivity contribution < 1.29 is 41.1 Å². The van der Waals surface area contributed by atoms with Gasteiger partial charge in [-0.3, -0.25) is 14.4 Å². The van der Waals surface area contributed by atoms with Crippen molar-refractivity contribution in [3.05, 3.63) is 62.8 Å². The van der Waals surface area contributed by atoms with E-state index in [1.165, 1.54) is 9.47 Å². The summed E-state index contributed by atoms with van der Waals surface area (Å²) >= 11 is 0. The van der Waals surface area contributed by atoms with Crippen molar-refractivity contribution in [2.45, 2.75) is 50.4 Å². The number of nitrogens with one attached hydrogen (secondary N) is 1. The van der Waals surface area contributed by atoms with Crippen LogP contribution in [0, 0.1) is 17.5 Å². The molecule has 0 radical (unpaired) electrons. The summed E-state index contributed by atoms with van der Waals surface area (Å²) < 4.78 is 66.8. The normalized spacial score (nSPS) is 24.2. The first-order chi connectivity index (χ1) is 18.2. The first-order valence-electron chi connectivity index (χ1n) is 11.9. The van der Waals surface area contributed by atoms with E-state index < -0.39 is 85.3 Å². The van der Waals surface area contributed by atoms with Crippen LogP contribution in [0.4, 0.5) is 13.2 Å². The van der Waals surface area contributed by atoms with Gasteiger partial charge >= 0.3 is 0 Å². The number of carbonyl (C=O) groups excluding carboxylic acids is 2. The molecule has 15 heteroatoms. The predicted molar refractivity (Wildman–Crippen MR) is 129 cm³/mol. The number of fused-ring (bicyclic) bond motifs is 5. The van der Waals surface area contributed by atoms with E-state index in [-0.39, 0.29) is 30.5 Å². The average molecular weight is 569 g/mol. The Labute approximate surface area is 219 Å². The van der Waals surface area contributed by atoms with Crippen LogP contribution < -0.4 is 10.7 Å². The van der Waals surface area contributed by atoms with Gasteiger partial charge in [-0.2, -0.15) is 0 Å². The highest BCUT2D eigenvalue weighted by Gasteiger charge is 2.55. The smallest absolute Gasteiger partial charge is 0.274 e. The van der Waals surface area contributed by atoms with Gasteiger partial charge in [-0.15, -0.1) is 0 Å². The monoisotopic (exact) mass is 568 g/mol. The van der Waals surface area contributed by atoms with Crippen LogP contribution in [0.25, 0.3) is 0 Å². The molecule has 39 heavy (non-hydrogen) atoms. The third kappa shape index (κ3) is 4.33. The lowest BCUT2D eigenvalue weighted by atomic mass is 9.85. The highest BCUT2D eigenvalue weighted by atomic mass is 32.2. The summed E-state index contributed by atoms with van der Waals surface area (Å²) in [5, 5.41) is 16.6. The molecule has 1 spiro atoms. The van der Waals surface area contributed by atoms with Gasteiger partial charge in [0, 0.05) is 55.7 Å². The Morgan fingerprint density at radius 2 is 1.92 bits per heavy atom. The molecular weight excluding hydrogens is 545 g/mol. The number of amides is 2. The van der Waals surface area contributed by atoms with Gasteiger partial charge in [0.15, 0.2) is 31.9 Å². The van der Waals surface area contributed by atoms with Crippen molar-refractivity contribution in [2.75, 3.05) is 12.8 Å². The van der Waals surface area contributed by atoms with E-state index in [2.05, 4.69) is 10.5 Å². The van der Waals surface area contributed by atoms with Crippen molar-refractivity contribution in [3.8, 4) is 5.75 Å². The fraction of sp³-hybridized carbons (Fsp3) is 0.417. The summed E-state index contributed by atoms with van der Waals surface area (Å²) in [5.41, 5.74) is -4.18. The van der Waals surface area contributed by atoms with Crippen molar-refractivity contribution >= 4 is 26.7 Å². The number of carbonyl (C=O) groups is 2. The van der Waals surface area contributed by atoms with Crippen LogP contribution in [0.2, 0.25) is 0 Å². The van der Waals surface area contributed by atoms with E-state index in [9.17, 15) is 41.1 Å². The van der Waals surface area contributed by atoms with Crippen LogP contribution in [0.5, 0.6) is 5.75 Å². The largest absolute Gasteiger partial charge is 0.503 e. The minimum Gasteiger partial charge on any atom is -0.503 e. The molecule has 2 amide bonds. The molecule has 2 N–H and O–H groups in total. The average Bonchev–Trinajstić information content (AvgIpc) is 3.25. The van der Waals surface area contributed by atoms with Gasteiger partial charge in [0.2, 0.25) is 5.43 Å². The van der Waals surface area contributed by atoms with Gasteiger partial charge in [0.05, 0.1) is 6.04 Å². The molecule has 1 aromatic heterocycles. The van der Waals surface area contributed by atoms with Gasteiger partial charge in [-0.1, -0.05) is 5.16 Å². The number of sulfone groups is 1. The Morgan fingerprint density at radius 1 is 1.26 bits per heavy atom. The number of benzene rings is 1. The third-order valence-corrected chi connectivity index (χ3v) is 8.56. The molecule has 3 aliphatic rings. The number of oxime groups is 1. The molecule has 2 bridgehead atoms. The SMILES string of the molecule is C[C@H]1CC[C@]2(CC(S(C)(=O)=O)=NO2)[C@H]2CN1C(=O)c1c(O)c(=O)c(C(=O)NCc3c(F)cc(F)cc3F)cn12. The fourth-order valence-electron chi connectivity index (χ4n) is 5.29. The number of hydrogen-bond donors (Lipinski definition) is 2. The fourth-order valence-corrected chi connectivity index (χ4v) is 5.97. The van der Waals surface area contributed by atoms with Crippen molar-refractivity contribution in [2.24, 2.45) is 5.16 Å². The van der Waals surface area contributed by atoms with Gasteiger partial charge in [-0.05, 0) is 19.8 Å². The molecular formula is C24H23F3N4O7S. The number of hydrogen-bond acceptors (Lipinski definition) is 8. The highest BCUT2D eigenvalue weighted by Crippen LogP contribution is 2.46. The number of rotatable bonds is 3. The zero-order valence-electron chi connectivity index (χ0n) is 20.7. The van der Waals surface area contributed by atoms with Crippen LogP contribution >= 0.6 is 0 Å².